The molecule has 2 aliphatic rings. The lowest BCUT2D eigenvalue weighted by Crippen LogP contribution is -2.37. The van der Waals surface area contributed by atoms with Crippen molar-refractivity contribution in [2.75, 3.05) is 0 Å². The van der Waals surface area contributed by atoms with Gasteiger partial charge in [-0.25, -0.2) is 8.78 Å². The molecule has 2 atom stereocenters. The Labute approximate surface area is 103 Å². The number of hydrogen-bond donors (Lipinski definition) is 1. The first kappa shape index (κ1) is 13.3. The molecule has 0 aromatic rings. The highest BCUT2D eigenvalue weighted by molar-refractivity contribution is 4.90. The van der Waals surface area contributed by atoms with Gasteiger partial charge in [0.1, 0.15) is 0 Å². The van der Waals surface area contributed by atoms with Gasteiger partial charge in [0.05, 0.1) is 5.60 Å². The molecule has 0 aromatic carbocycles. The van der Waals surface area contributed by atoms with Gasteiger partial charge in [0.25, 0.3) is 0 Å². The van der Waals surface area contributed by atoms with E-state index in [-0.39, 0.29) is 18.8 Å². The molecule has 0 amide bonds. The van der Waals surface area contributed by atoms with E-state index in [1.54, 1.807) is 0 Å². The maximum atomic E-state index is 13.1. The van der Waals surface area contributed by atoms with Crippen LogP contribution in [0.2, 0.25) is 0 Å². The summed E-state index contributed by atoms with van der Waals surface area (Å²) in [6.07, 6.45) is 6.89. The SMILES string of the molecule is CC(O)(CC1CCC(F)(F)C1)C1CCCCC1. The second-order valence-electron chi connectivity index (χ2n) is 6.36. The fourth-order valence-corrected chi connectivity index (χ4v) is 3.69. The van der Waals surface area contributed by atoms with Gasteiger partial charge in [-0.05, 0) is 44.4 Å². The lowest BCUT2D eigenvalue weighted by Gasteiger charge is -2.37. The molecule has 0 saturated heterocycles. The van der Waals surface area contributed by atoms with Crippen molar-refractivity contribution in [2.45, 2.75) is 76.2 Å². The summed E-state index contributed by atoms with van der Waals surface area (Å²) in [5.41, 5.74) is -0.731. The Bertz CT molecular complexity index is 257. The first-order valence-electron chi connectivity index (χ1n) is 6.99. The van der Waals surface area contributed by atoms with Crippen LogP contribution < -0.4 is 0 Å². The zero-order valence-electron chi connectivity index (χ0n) is 10.7. The molecule has 2 unspecified atom stereocenters. The van der Waals surface area contributed by atoms with Crippen molar-refractivity contribution in [1.82, 2.24) is 0 Å². The first-order valence-corrected chi connectivity index (χ1v) is 6.99. The first-order chi connectivity index (χ1) is 7.89. The number of hydrogen-bond acceptors (Lipinski definition) is 1. The Morgan fingerprint density at radius 2 is 1.82 bits per heavy atom. The molecule has 2 rings (SSSR count). The molecule has 0 spiro atoms. The van der Waals surface area contributed by atoms with Gasteiger partial charge in [-0.3, -0.25) is 0 Å². The lowest BCUT2D eigenvalue weighted by molar-refractivity contribution is -0.0425. The monoisotopic (exact) mass is 246 g/mol. The Balaban J connectivity index is 1.88. The van der Waals surface area contributed by atoms with Gasteiger partial charge in [0.15, 0.2) is 0 Å². The average Bonchev–Trinajstić information content (AvgIpc) is 2.58. The highest BCUT2D eigenvalue weighted by Crippen LogP contribution is 2.45. The standard InChI is InChI=1S/C14H24F2O/c1-13(17,12-5-3-2-4-6-12)9-11-7-8-14(15,16)10-11/h11-12,17H,2-10H2,1H3. The molecule has 0 aliphatic heterocycles. The summed E-state index contributed by atoms with van der Waals surface area (Å²) in [7, 11) is 0. The van der Waals surface area contributed by atoms with Crippen LogP contribution in [0.1, 0.15) is 64.7 Å². The molecule has 2 saturated carbocycles. The third-order valence-corrected chi connectivity index (χ3v) is 4.69. The third kappa shape index (κ3) is 3.40. The molecule has 0 bridgehead atoms. The van der Waals surface area contributed by atoms with Gasteiger partial charge in [-0.2, -0.15) is 0 Å². The van der Waals surface area contributed by atoms with Gasteiger partial charge in [0.2, 0.25) is 5.92 Å². The highest BCUT2D eigenvalue weighted by Gasteiger charge is 2.43. The smallest absolute Gasteiger partial charge is 0.248 e. The van der Waals surface area contributed by atoms with E-state index < -0.39 is 11.5 Å². The zero-order valence-corrected chi connectivity index (χ0v) is 10.7. The third-order valence-electron chi connectivity index (χ3n) is 4.69. The largest absolute Gasteiger partial charge is 0.390 e. The van der Waals surface area contributed by atoms with Gasteiger partial charge >= 0.3 is 0 Å². The van der Waals surface area contributed by atoms with Gasteiger partial charge in [0, 0.05) is 12.8 Å². The van der Waals surface area contributed by atoms with E-state index in [0.29, 0.717) is 18.8 Å². The van der Waals surface area contributed by atoms with Crippen molar-refractivity contribution in [3.63, 3.8) is 0 Å². The summed E-state index contributed by atoms with van der Waals surface area (Å²) in [5, 5.41) is 10.5. The van der Waals surface area contributed by atoms with Crippen LogP contribution in [0.3, 0.4) is 0 Å². The minimum Gasteiger partial charge on any atom is -0.390 e. The number of alkyl halides is 2. The van der Waals surface area contributed by atoms with Crippen LogP contribution in [0.15, 0.2) is 0 Å². The summed E-state index contributed by atoms with van der Waals surface area (Å²) in [5.74, 6) is -2.14. The Kier molecular flexibility index (Phi) is 3.77. The number of halogens is 2. The molecule has 0 radical (unpaired) electrons. The van der Waals surface area contributed by atoms with E-state index in [1.165, 1.54) is 19.3 Å². The van der Waals surface area contributed by atoms with Crippen LogP contribution in [0, 0.1) is 11.8 Å². The summed E-state index contributed by atoms with van der Waals surface area (Å²) < 4.78 is 26.3. The summed E-state index contributed by atoms with van der Waals surface area (Å²) in [4.78, 5) is 0. The molecule has 0 aromatic heterocycles. The van der Waals surface area contributed by atoms with Crippen LogP contribution in [0.4, 0.5) is 8.78 Å². The Morgan fingerprint density at radius 3 is 2.35 bits per heavy atom. The van der Waals surface area contributed by atoms with E-state index in [9.17, 15) is 13.9 Å². The Hall–Kier alpha value is -0.180. The minimum absolute atomic E-state index is 0.0123. The molecule has 2 fully saturated rings. The van der Waals surface area contributed by atoms with E-state index in [4.69, 9.17) is 0 Å². The lowest BCUT2D eigenvalue weighted by atomic mass is 9.74. The van der Waals surface area contributed by atoms with E-state index >= 15 is 0 Å². The van der Waals surface area contributed by atoms with Crippen LogP contribution in [0.25, 0.3) is 0 Å². The molecule has 1 nitrogen and oxygen atoms in total. The fraction of sp³-hybridized carbons (Fsp3) is 1.00. The summed E-state index contributed by atoms with van der Waals surface area (Å²) >= 11 is 0. The van der Waals surface area contributed by atoms with Crippen LogP contribution in [-0.4, -0.2) is 16.6 Å². The van der Waals surface area contributed by atoms with Crippen LogP contribution >= 0.6 is 0 Å². The Morgan fingerprint density at radius 1 is 1.18 bits per heavy atom. The molecular formula is C14H24F2O. The van der Waals surface area contributed by atoms with Crippen molar-refractivity contribution in [1.29, 1.82) is 0 Å². The molecule has 1 N–H and O–H groups in total. The molecule has 3 heteroatoms. The fourth-order valence-electron chi connectivity index (χ4n) is 3.69. The second kappa shape index (κ2) is 4.83. The van der Waals surface area contributed by atoms with Crippen LogP contribution in [0.5, 0.6) is 0 Å². The van der Waals surface area contributed by atoms with Crippen molar-refractivity contribution in [3.05, 3.63) is 0 Å². The molecule has 100 valence electrons. The molecule has 17 heavy (non-hydrogen) atoms. The van der Waals surface area contributed by atoms with Crippen molar-refractivity contribution < 1.29 is 13.9 Å². The maximum Gasteiger partial charge on any atom is 0.248 e. The second-order valence-corrected chi connectivity index (χ2v) is 6.36. The van der Waals surface area contributed by atoms with E-state index in [1.807, 2.05) is 6.92 Å². The van der Waals surface area contributed by atoms with Crippen molar-refractivity contribution >= 4 is 0 Å². The minimum atomic E-state index is -2.48. The van der Waals surface area contributed by atoms with E-state index in [0.717, 1.165) is 12.8 Å². The quantitative estimate of drug-likeness (QED) is 0.793. The topological polar surface area (TPSA) is 20.2 Å². The number of rotatable bonds is 3. The molecule has 0 heterocycles. The van der Waals surface area contributed by atoms with Gasteiger partial charge in [-0.1, -0.05) is 19.3 Å². The summed E-state index contributed by atoms with van der Waals surface area (Å²) in [6, 6.07) is 0. The predicted molar refractivity (Wildman–Crippen MR) is 64.1 cm³/mol. The number of aliphatic hydroxyl groups is 1. The van der Waals surface area contributed by atoms with Gasteiger partial charge in [-0.15, -0.1) is 0 Å². The van der Waals surface area contributed by atoms with Crippen molar-refractivity contribution in [3.8, 4) is 0 Å². The summed E-state index contributed by atoms with van der Waals surface area (Å²) in [6.45, 7) is 1.86. The predicted octanol–water partition coefficient (Wildman–Crippen LogP) is 4.14. The van der Waals surface area contributed by atoms with Gasteiger partial charge < -0.3 is 5.11 Å². The average molecular weight is 246 g/mol. The molecular weight excluding hydrogens is 222 g/mol. The highest BCUT2D eigenvalue weighted by atomic mass is 19.3. The van der Waals surface area contributed by atoms with E-state index in [2.05, 4.69) is 0 Å². The zero-order chi connectivity index (χ0) is 12.5. The maximum absolute atomic E-state index is 13.1. The van der Waals surface area contributed by atoms with Crippen LogP contribution in [-0.2, 0) is 0 Å². The van der Waals surface area contributed by atoms with Crippen molar-refractivity contribution in [2.24, 2.45) is 11.8 Å². The normalized spacial score (nSPS) is 33.5. The molecule has 2 aliphatic carbocycles.